The van der Waals surface area contributed by atoms with E-state index in [0.717, 1.165) is 50.8 Å². The lowest BCUT2D eigenvalue weighted by Crippen LogP contribution is -2.40. The number of likely N-dealkylation sites (tertiary alicyclic amines) is 2. The summed E-state index contributed by atoms with van der Waals surface area (Å²) in [4.78, 5) is 33.6. The largest absolute Gasteiger partial charge is 0.491 e. The minimum Gasteiger partial charge on any atom is -0.491 e. The molecule has 1 aromatic heterocycles. The van der Waals surface area contributed by atoms with Crippen molar-refractivity contribution in [2.75, 3.05) is 32.8 Å². The van der Waals surface area contributed by atoms with Crippen LogP contribution in [0.15, 0.2) is 60.8 Å². The van der Waals surface area contributed by atoms with Gasteiger partial charge in [-0.05, 0) is 61.4 Å². The van der Waals surface area contributed by atoms with Crippen molar-refractivity contribution in [1.82, 2.24) is 14.8 Å². The third-order valence-corrected chi connectivity index (χ3v) is 6.96. The van der Waals surface area contributed by atoms with E-state index in [2.05, 4.69) is 23.2 Å². The second-order valence-corrected chi connectivity index (χ2v) is 9.28. The molecule has 34 heavy (non-hydrogen) atoms. The fourth-order valence-corrected chi connectivity index (χ4v) is 5.22. The van der Waals surface area contributed by atoms with Crippen LogP contribution in [0.2, 0.25) is 0 Å². The van der Waals surface area contributed by atoms with E-state index in [9.17, 15) is 9.59 Å². The van der Waals surface area contributed by atoms with Crippen LogP contribution in [0.1, 0.15) is 41.6 Å². The number of hydrogen-bond donors (Lipinski definition) is 0. The molecule has 6 nitrogen and oxygen atoms in total. The number of para-hydroxylation sites is 1. The number of hydrogen-bond acceptors (Lipinski definition) is 4. The Morgan fingerprint density at radius 3 is 2.82 bits per heavy atom. The van der Waals surface area contributed by atoms with Crippen LogP contribution >= 0.6 is 0 Å². The molecule has 2 aromatic carbocycles. The van der Waals surface area contributed by atoms with Crippen LogP contribution in [0.5, 0.6) is 5.75 Å². The molecule has 3 heterocycles. The maximum Gasteiger partial charge on any atom is 0.257 e. The number of rotatable bonds is 7. The molecule has 0 spiro atoms. The van der Waals surface area contributed by atoms with Crippen LogP contribution in [0, 0.1) is 5.92 Å². The van der Waals surface area contributed by atoms with E-state index < -0.39 is 0 Å². The number of pyridine rings is 1. The third kappa shape index (κ3) is 4.91. The molecular formula is C28H31N3O3. The summed E-state index contributed by atoms with van der Waals surface area (Å²) >= 11 is 0. The molecule has 2 aliphatic heterocycles. The standard InChI is InChI=1S/C28H31N3O3/c32-27-13-6-15-30(27)17-18-34-26-12-2-1-9-24(26)28(33)31-16-5-7-21(20-31)19-22-8-3-11-25-23(22)10-4-14-29-25/h1-4,8-12,14,21H,5-7,13,15-20H2/t21-/m0/s1. The van der Waals surface area contributed by atoms with Gasteiger partial charge in [0.15, 0.2) is 0 Å². The summed E-state index contributed by atoms with van der Waals surface area (Å²) < 4.78 is 5.98. The molecule has 0 saturated carbocycles. The summed E-state index contributed by atoms with van der Waals surface area (Å²) in [5, 5.41) is 1.20. The van der Waals surface area contributed by atoms with E-state index in [1.54, 1.807) is 0 Å². The molecule has 6 heteroatoms. The van der Waals surface area contributed by atoms with Crippen molar-refractivity contribution in [3.63, 3.8) is 0 Å². The number of benzene rings is 2. The molecule has 176 valence electrons. The Kier molecular flexibility index (Phi) is 6.74. The van der Waals surface area contributed by atoms with Gasteiger partial charge in [-0.15, -0.1) is 0 Å². The summed E-state index contributed by atoms with van der Waals surface area (Å²) in [5.41, 5.74) is 2.92. The summed E-state index contributed by atoms with van der Waals surface area (Å²) in [6.07, 6.45) is 6.42. The van der Waals surface area contributed by atoms with Gasteiger partial charge in [0.05, 0.1) is 17.6 Å². The van der Waals surface area contributed by atoms with E-state index in [1.807, 2.05) is 52.4 Å². The Morgan fingerprint density at radius 1 is 1.03 bits per heavy atom. The van der Waals surface area contributed by atoms with E-state index in [4.69, 9.17) is 4.74 Å². The Labute approximate surface area is 200 Å². The summed E-state index contributed by atoms with van der Waals surface area (Å²) in [6.45, 7) is 3.26. The van der Waals surface area contributed by atoms with E-state index in [1.165, 1.54) is 10.9 Å². The quantitative estimate of drug-likeness (QED) is 0.530. The summed E-state index contributed by atoms with van der Waals surface area (Å²) in [6, 6.07) is 17.9. The zero-order chi connectivity index (χ0) is 23.3. The maximum atomic E-state index is 13.5. The smallest absolute Gasteiger partial charge is 0.257 e. The number of carbonyl (C=O) groups excluding carboxylic acids is 2. The SMILES string of the molecule is O=C1CCCN1CCOc1ccccc1C(=O)N1CCC[C@@H](Cc2cccc3ncccc23)C1. The molecule has 0 aliphatic carbocycles. The Bertz CT molecular complexity index is 1170. The van der Waals surface area contributed by atoms with Gasteiger partial charge in [-0.2, -0.15) is 0 Å². The first-order valence-corrected chi connectivity index (χ1v) is 12.3. The molecule has 5 rings (SSSR count). The van der Waals surface area contributed by atoms with Gasteiger partial charge in [-0.25, -0.2) is 0 Å². The lowest BCUT2D eigenvalue weighted by molar-refractivity contribution is -0.128. The lowest BCUT2D eigenvalue weighted by Gasteiger charge is -2.33. The zero-order valence-electron chi connectivity index (χ0n) is 19.5. The average Bonchev–Trinajstić information content (AvgIpc) is 3.29. The first-order chi connectivity index (χ1) is 16.7. The molecule has 0 unspecified atom stereocenters. The molecule has 2 saturated heterocycles. The van der Waals surface area contributed by atoms with Gasteiger partial charge in [-0.3, -0.25) is 14.6 Å². The highest BCUT2D eigenvalue weighted by atomic mass is 16.5. The van der Waals surface area contributed by atoms with Gasteiger partial charge in [-0.1, -0.05) is 30.3 Å². The minimum atomic E-state index is 0.0251. The monoisotopic (exact) mass is 457 g/mol. The maximum absolute atomic E-state index is 13.5. The normalized spacial score (nSPS) is 18.5. The van der Waals surface area contributed by atoms with Crippen molar-refractivity contribution < 1.29 is 14.3 Å². The average molecular weight is 458 g/mol. The van der Waals surface area contributed by atoms with Crippen LogP contribution in [0.3, 0.4) is 0 Å². The number of amides is 2. The Hall–Kier alpha value is -3.41. The zero-order valence-corrected chi connectivity index (χ0v) is 19.5. The topological polar surface area (TPSA) is 62.7 Å². The van der Waals surface area contributed by atoms with Gasteiger partial charge in [0.25, 0.3) is 5.91 Å². The van der Waals surface area contributed by atoms with Crippen molar-refractivity contribution in [1.29, 1.82) is 0 Å². The van der Waals surface area contributed by atoms with E-state index in [-0.39, 0.29) is 11.8 Å². The summed E-state index contributed by atoms with van der Waals surface area (Å²) in [5.74, 6) is 1.23. The lowest BCUT2D eigenvalue weighted by atomic mass is 9.89. The second kappa shape index (κ2) is 10.2. The van der Waals surface area contributed by atoms with E-state index in [0.29, 0.717) is 36.8 Å². The Balaban J connectivity index is 1.24. The molecule has 2 amide bonds. The number of ether oxygens (including phenoxy) is 1. The molecule has 0 bridgehead atoms. The Morgan fingerprint density at radius 2 is 1.94 bits per heavy atom. The van der Waals surface area contributed by atoms with Crippen LogP contribution in [-0.2, 0) is 11.2 Å². The van der Waals surface area contributed by atoms with Crippen molar-refractivity contribution in [2.24, 2.45) is 5.92 Å². The fraction of sp³-hybridized carbons (Fsp3) is 0.393. The number of nitrogens with zero attached hydrogens (tertiary/aromatic N) is 3. The van der Waals surface area contributed by atoms with Crippen LogP contribution in [0.25, 0.3) is 10.9 Å². The molecule has 0 radical (unpaired) electrons. The van der Waals surface area contributed by atoms with Crippen molar-refractivity contribution in [3.8, 4) is 5.75 Å². The van der Waals surface area contributed by atoms with Crippen molar-refractivity contribution in [2.45, 2.75) is 32.1 Å². The highest BCUT2D eigenvalue weighted by Gasteiger charge is 2.27. The van der Waals surface area contributed by atoms with Crippen molar-refractivity contribution >= 4 is 22.7 Å². The molecule has 0 N–H and O–H groups in total. The highest BCUT2D eigenvalue weighted by Crippen LogP contribution is 2.27. The van der Waals surface area contributed by atoms with Gasteiger partial charge in [0, 0.05) is 37.6 Å². The number of piperidine rings is 1. The predicted molar refractivity (Wildman–Crippen MR) is 132 cm³/mol. The van der Waals surface area contributed by atoms with Crippen molar-refractivity contribution in [3.05, 3.63) is 71.9 Å². The predicted octanol–water partition coefficient (Wildman–Crippen LogP) is 4.33. The first kappa shape index (κ1) is 22.4. The molecule has 2 aliphatic rings. The molecule has 2 fully saturated rings. The van der Waals surface area contributed by atoms with Crippen LogP contribution in [-0.4, -0.2) is 59.4 Å². The van der Waals surface area contributed by atoms with Crippen LogP contribution < -0.4 is 4.74 Å². The number of aromatic nitrogens is 1. The second-order valence-electron chi connectivity index (χ2n) is 9.28. The number of carbonyl (C=O) groups is 2. The first-order valence-electron chi connectivity index (χ1n) is 12.3. The van der Waals surface area contributed by atoms with Gasteiger partial charge < -0.3 is 14.5 Å². The van der Waals surface area contributed by atoms with Gasteiger partial charge in [0.2, 0.25) is 5.91 Å². The summed E-state index contributed by atoms with van der Waals surface area (Å²) in [7, 11) is 0. The molecular weight excluding hydrogens is 426 g/mol. The van der Waals surface area contributed by atoms with E-state index >= 15 is 0 Å². The minimum absolute atomic E-state index is 0.0251. The number of fused-ring (bicyclic) bond motifs is 1. The van der Waals surface area contributed by atoms with Gasteiger partial charge in [0.1, 0.15) is 12.4 Å². The fourth-order valence-electron chi connectivity index (χ4n) is 5.22. The van der Waals surface area contributed by atoms with Gasteiger partial charge >= 0.3 is 0 Å². The van der Waals surface area contributed by atoms with Crippen LogP contribution in [0.4, 0.5) is 0 Å². The highest BCUT2D eigenvalue weighted by molar-refractivity contribution is 5.97. The third-order valence-electron chi connectivity index (χ3n) is 6.96. The molecule has 1 atom stereocenters. The molecule has 3 aromatic rings.